The molecule has 1 spiro atoms. The van der Waals surface area contributed by atoms with E-state index in [0.717, 1.165) is 22.3 Å². The lowest BCUT2D eigenvalue weighted by molar-refractivity contribution is 0.0686. The Morgan fingerprint density at radius 3 is 1.21 bits per heavy atom. The number of aromatic hydroxyl groups is 2. The van der Waals surface area contributed by atoms with Gasteiger partial charge in [0.15, 0.2) is 0 Å². The van der Waals surface area contributed by atoms with Crippen molar-refractivity contribution in [3.8, 4) is 33.8 Å². The highest BCUT2D eigenvalue weighted by molar-refractivity contribution is 5.99. The largest absolute Gasteiger partial charge is 0.508 e. The lowest BCUT2D eigenvalue weighted by atomic mass is 9.70. The van der Waals surface area contributed by atoms with Crippen LogP contribution < -0.4 is 0 Å². The van der Waals surface area contributed by atoms with Gasteiger partial charge in [-0.05, 0) is 93.0 Å². The van der Waals surface area contributed by atoms with Crippen LogP contribution in [0.4, 0.5) is 0 Å². The Morgan fingerprint density at radius 1 is 0.515 bits per heavy atom. The monoisotopic (exact) mass is 436 g/mol. The first-order valence-electron chi connectivity index (χ1n) is 10.3. The zero-order valence-corrected chi connectivity index (χ0v) is 17.0. The van der Waals surface area contributed by atoms with Crippen LogP contribution >= 0.6 is 0 Å². The summed E-state index contributed by atoms with van der Waals surface area (Å²) >= 11 is 0. The van der Waals surface area contributed by atoms with Crippen molar-refractivity contribution in [3.05, 3.63) is 106 Å². The maximum Gasteiger partial charge on any atom is 0.335 e. The SMILES string of the molecule is O=C(O)c1ccc2c(c1)C1(c3cc(O)ccc3-2)c2cc(O)ccc2-c2ccc(C(=O)O)cc21. The van der Waals surface area contributed by atoms with Crippen molar-refractivity contribution in [2.75, 3.05) is 0 Å². The molecular formula is C27H16O6. The predicted octanol–water partition coefficient (Wildman–Crippen LogP) is 4.84. The molecule has 0 atom stereocenters. The van der Waals surface area contributed by atoms with Gasteiger partial charge in [-0.3, -0.25) is 0 Å². The van der Waals surface area contributed by atoms with Gasteiger partial charge >= 0.3 is 11.9 Å². The lowest BCUT2D eigenvalue weighted by Gasteiger charge is -2.30. The summed E-state index contributed by atoms with van der Waals surface area (Å²) in [4.78, 5) is 23.7. The van der Waals surface area contributed by atoms with E-state index in [9.17, 15) is 30.0 Å². The van der Waals surface area contributed by atoms with E-state index >= 15 is 0 Å². The molecule has 2 aliphatic carbocycles. The fourth-order valence-corrected chi connectivity index (χ4v) is 5.47. The molecular weight excluding hydrogens is 420 g/mol. The molecule has 4 N–H and O–H groups in total. The molecule has 0 heterocycles. The van der Waals surface area contributed by atoms with E-state index < -0.39 is 17.4 Å². The molecule has 0 amide bonds. The molecule has 0 bridgehead atoms. The van der Waals surface area contributed by atoms with Gasteiger partial charge in [0.05, 0.1) is 16.5 Å². The summed E-state index contributed by atoms with van der Waals surface area (Å²) < 4.78 is 0. The average molecular weight is 436 g/mol. The number of phenolic OH excluding ortho intramolecular Hbond substituents is 2. The van der Waals surface area contributed by atoms with Gasteiger partial charge in [-0.1, -0.05) is 24.3 Å². The van der Waals surface area contributed by atoms with Crippen molar-refractivity contribution in [2.45, 2.75) is 5.41 Å². The summed E-state index contributed by atoms with van der Waals surface area (Å²) in [5.41, 5.74) is 5.02. The fraction of sp³-hybridized carbons (Fsp3) is 0.0370. The maximum atomic E-state index is 11.9. The summed E-state index contributed by atoms with van der Waals surface area (Å²) in [5.74, 6) is -2.10. The van der Waals surface area contributed by atoms with E-state index in [1.165, 1.54) is 12.1 Å². The number of benzene rings is 4. The molecule has 6 nitrogen and oxygen atoms in total. The van der Waals surface area contributed by atoms with Crippen LogP contribution in [0.2, 0.25) is 0 Å². The smallest absolute Gasteiger partial charge is 0.335 e. The summed E-state index contributed by atoms with van der Waals surface area (Å²) in [6.07, 6.45) is 0. The molecule has 4 aromatic rings. The van der Waals surface area contributed by atoms with Gasteiger partial charge in [-0.25, -0.2) is 9.59 Å². The topological polar surface area (TPSA) is 115 Å². The molecule has 0 saturated heterocycles. The molecule has 160 valence electrons. The van der Waals surface area contributed by atoms with Gasteiger partial charge < -0.3 is 20.4 Å². The first-order chi connectivity index (χ1) is 15.8. The Labute approximate surface area is 187 Å². The summed E-state index contributed by atoms with van der Waals surface area (Å²) in [7, 11) is 0. The molecule has 6 rings (SSSR count). The molecule has 0 fully saturated rings. The third kappa shape index (κ3) is 2.32. The van der Waals surface area contributed by atoms with E-state index in [2.05, 4.69) is 0 Å². The first-order valence-corrected chi connectivity index (χ1v) is 10.3. The van der Waals surface area contributed by atoms with Gasteiger partial charge in [0.1, 0.15) is 11.5 Å². The molecule has 33 heavy (non-hydrogen) atoms. The summed E-state index contributed by atoms with van der Waals surface area (Å²) in [6.45, 7) is 0. The Hall–Kier alpha value is -4.58. The van der Waals surface area contributed by atoms with Gasteiger partial charge in [0.25, 0.3) is 0 Å². The van der Waals surface area contributed by atoms with Crippen molar-refractivity contribution in [1.29, 1.82) is 0 Å². The first kappa shape index (κ1) is 19.1. The van der Waals surface area contributed by atoms with E-state index in [-0.39, 0.29) is 22.6 Å². The summed E-state index contributed by atoms with van der Waals surface area (Å²) in [5, 5.41) is 40.2. The quantitative estimate of drug-likeness (QED) is 0.309. The minimum Gasteiger partial charge on any atom is -0.508 e. The number of aromatic carboxylic acids is 2. The number of carbonyl (C=O) groups is 2. The number of hydrogen-bond acceptors (Lipinski definition) is 4. The Kier molecular flexibility index (Phi) is 3.61. The average Bonchev–Trinajstić information content (AvgIpc) is 3.24. The zero-order chi connectivity index (χ0) is 23.1. The van der Waals surface area contributed by atoms with Crippen LogP contribution in [-0.2, 0) is 5.41 Å². The third-order valence-corrected chi connectivity index (χ3v) is 6.74. The van der Waals surface area contributed by atoms with Crippen molar-refractivity contribution < 1.29 is 30.0 Å². The van der Waals surface area contributed by atoms with Crippen LogP contribution in [-0.4, -0.2) is 32.4 Å². The van der Waals surface area contributed by atoms with Crippen molar-refractivity contribution >= 4 is 11.9 Å². The molecule has 0 aromatic heterocycles. The highest BCUT2D eigenvalue weighted by Gasteiger charge is 2.52. The maximum absolute atomic E-state index is 11.9. The molecule has 0 saturated carbocycles. The Balaban J connectivity index is 1.85. The second-order valence-corrected chi connectivity index (χ2v) is 8.34. The Morgan fingerprint density at radius 2 is 0.848 bits per heavy atom. The minimum atomic E-state index is -1.09. The Bertz CT molecular complexity index is 1430. The van der Waals surface area contributed by atoms with Gasteiger partial charge in [-0.15, -0.1) is 0 Å². The number of hydrogen-bond donors (Lipinski definition) is 4. The lowest BCUT2D eigenvalue weighted by Crippen LogP contribution is -2.26. The van der Waals surface area contributed by atoms with E-state index in [0.29, 0.717) is 22.3 Å². The van der Waals surface area contributed by atoms with Gasteiger partial charge in [0.2, 0.25) is 0 Å². The molecule has 4 aromatic carbocycles. The second kappa shape index (κ2) is 6.23. The van der Waals surface area contributed by atoms with Crippen molar-refractivity contribution in [3.63, 3.8) is 0 Å². The molecule has 0 radical (unpaired) electrons. The molecule has 6 heteroatoms. The van der Waals surface area contributed by atoms with Crippen LogP contribution in [0, 0.1) is 0 Å². The number of fused-ring (bicyclic) bond motifs is 10. The van der Waals surface area contributed by atoms with E-state index in [1.807, 2.05) is 0 Å². The van der Waals surface area contributed by atoms with Crippen molar-refractivity contribution in [1.82, 2.24) is 0 Å². The highest BCUT2D eigenvalue weighted by Crippen LogP contribution is 2.63. The van der Waals surface area contributed by atoms with E-state index in [1.54, 1.807) is 60.7 Å². The van der Waals surface area contributed by atoms with Gasteiger partial charge in [-0.2, -0.15) is 0 Å². The van der Waals surface area contributed by atoms with Crippen LogP contribution in [0.3, 0.4) is 0 Å². The fourth-order valence-electron chi connectivity index (χ4n) is 5.47. The third-order valence-electron chi connectivity index (χ3n) is 6.74. The van der Waals surface area contributed by atoms with Crippen LogP contribution in [0.1, 0.15) is 43.0 Å². The van der Waals surface area contributed by atoms with Crippen LogP contribution in [0.15, 0.2) is 72.8 Å². The normalized spacial score (nSPS) is 13.8. The number of rotatable bonds is 2. The molecule has 0 aliphatic heterocycles. The zero-order valence-electron chi connectivity index (χ0n) is 17.0. The highest BCUT2D eigenvalue weighted by atomic mass is 16.4. The van der Waals surface area contributed by atoms with Gasteiger partial charge in [0, 0.05) is 0 Å². The number of carboxylic acid groups (broad SMARTS) is 2. The standard InChI is InChI=1S/C27H16O6/c28-15-3-7-19-17-5-1-13(25(30)31)9-21(17)27(23(19)11-15)22-10-14(26(32)33)2-6-18(22)20-8-4-16(29)12-24(20)27/h1-12,28-29H,(H,30,31)(H,32,33). The molecule has 2 aliphatic rings. The van der Waals surface area contributed by atoms with E-state index in [4.69, 9.17) is 0 Å². The predicted molar refractivity (Wildman–Crippen MR) is 120 cm³/mol. The van der Waals surface area contributed by atoms with Crippen molar-refractivity contribution in [2.24, 2.45) is 0 Å². The molecule has 0 unspecified atom stereocenters. The van der Waals surface area contributed by atoms with Crippen LogP contribution in [0.25, 0.3) is 22.3 Å². The summed E-state index contributed by atoms with van der Waals surface area (Å²) in [6, 6.07) is 19.7. The number of carboxylic acids is 2. The minimum absolute atomic E-state index is 0.0314. The van der Waals surface area contributed by atoms with Crippen LogP contribution in [0.5, 0.6) is 11.5 Å². The second-order valence-electron chi connectivity index (χ2n) is 8.34. The number of phenols is 2.